The molecule has 4 heteroatoms. The fraction of sp³-hybridized carbons (Fsp3) is 0.556. The van der Waals surface area contributed by atoms with Crippen molar-refractivity contribution in [3.8, 4) is 0 Å². The Morgan fingerprint density at radius 1 is 1.00 bits per heavy atom. The summed E-state index contributed by atoms with van der Waals surface area (Å²) in [5, 5.41) is 17.3. The molecule has 0 saturated heterocycles. The van der Waals surface area contributed by atoms with Crippen molar-refractivity contribution in [1.29, 1.82) is 0 Å². The van der Waals surface area contributed by atoms with Crippen LogP contribution in [0.4, 0.5) is 0 Å². The molecule has 0 rings (SSSR count). The van der Waals surface area contributed by atoms with E-state index in [1.807, 2.05) is 0 Å². The molecule has 2 nitrogen and oxygen atoms in total. The average Bonchev–Trinajstić information content (AvgIpc) is 2.02. The third-order valence-electron chi connectivity index (χ3n) is 1.52. The zero-order chi connectivity index (χ0) is 10.3. The van der Waals surface area contributed by atoms with Gasteiger partial charge < -0.3 is 10.2 Å². The maximum absolute atomic E-state index is 8.67. The molecule has 0 spiro atoms. The number of aliphatic hydroxyl groups is 2. The van der Waals surface area contributed by atoms with Crippen molar-refractivity contribution in [3.63, 3.8) is 0 Å². The van der Waals surface area contributed by atoms with Crippen LogP contribution in [0.15, 0.2) is 23.8 Å². The Hall–Kier alpha value is 0.0469. The van der Waals surface area contributed by atoms with Crippen LogP contribution in [0.2, 0.25) is 19.6 Å². The molecule has 0 fully saturated rings. The third kappa shape index (κ3) is 6.16. The average molecular weight is 218 g/mol. The zero-order valence-electron chi connectivity index (χ0n) is 8.57. The molecule has 0 heterocycles. The quantitative estimate of drug-likeness (QED) is 0.549. The number of hydrogen-bond donors (Lipinski definition) is 2. The van der Waals surface area contributed by atoms with Crippen LogP contribution in [0.1, 0.15) is 0 Å². The van der Waals surface area contributed by atoms with Crippen molar-refractivity contribution >= 4 is 15.2 Å². The summed E-state index contributed by atoms with van der Waals surface area (Å²) in [7, 11) is -1.45. The van der Waals surface area contributed by atoms with Gasteiger partial charge in [0.1, 0.15) is 0 Å². The zero-order valence-corrected chi connectivity index (χ0v) is 10.5. The van der Waals surface area contributed by atoms with Crippen LogP contribution in [0, 0.1) is 0 Å². The molecule has 0 radical (unpaired) electrons. The first kappa shape index (κ1) is 13.0. The van der Waals surface area contributed by atoms with Gasteiger partial charge in [-0.3, -0.25) is 0 Å². The second-order valence-corrected chi connectivity index (χ2v) is 15.0. The summed E-state index contributed by atoms with van der Waals surface area (Å²) < 4.78 is 0. The summed E-state index contributed by atoms with van der Waals surface area (Å²) in [6, 6.07) is 0. The van der Waals surface area contributed by atoms with Crippen molar-refractivity contribution in [1.82, 2.24) is 0 Å². The Bertz CT molecular complexity index is 171. The molecular formula is C9H19O2PSi. The van der Waals surface area contributed by atoms with E-state index in [4.69, 9.17) is 10.2 Å². The number of hydrogen-bond acceptors (Lipinski definition) is 2. The highest BCUT2D eigenvalue weighted by atomic mass is 31.4. The molecule has 2 N–H and O–H groups in total. The fourth-order valence-electron chi connectivity index (χ4n) is 0.818. The van der Waals surface area contributed by atoms with Crippen LogP contribution < -0.4 is 0 Å². The SMILES string of the molecule is C[Si](C)(C)P(C=CCO)C=CCO. The second kappa shape index (κ2) is 6.49. The molecule has 0 aromatic rings. The van der Waals surface area contributed by atoms with E-state index in [0.29, 0.717) is 0 Å². The highest BCUT2D eigenvalue weighted by Crippen LogP contribution is 2.49. The predicted molar refractivity (Wildman–Crippen MR) is 62.7 cm³/mol. The van der Waals surface area contributed by atoms with Gasteiger partial charge >= 0.3 is 0 Å². The van der Waals surface area contributed by atoms with Gasteiger partial charge in [0.25, 0.3) is 0 Å². The first-order chi connectivity index (χ1) is 6.02. The Kier molecular flexibility index (Phi) is 6.52. The first-order valence-corrected chi connectivity index (χ1v) is 10.2. The number of aliphatic hydroxyl groups excluding tert-OH is 2. The number of rotatable bonds is 5. The molecule has 0 unspecified atom stereocenters. The van der Waals surface area contributed by atoms with Gasteiger partial charge in [-0.2, -0.15) is 0 Å². The lowest BCUT2D eigenvalue weighted by molar-refractivity contribution is 0.343. The fourth-order valence-corrected chi connectivity index (χ4v) is 5.77. The lowest BCUT2D eigenvalue weighted by Crippen LogP contribution is -2.15. The molecule has 0 aromatic carbocycles. The molecule has 0 amide bonds. The molecule has 0 aliphatic carbocycles. The lowest BCUT2D eigenvalue weighted by atomic mass is 10.7. The smallest absolute Gasteiger partial charge is 0.0812 e. The van der Waals surface area contributed by atoms with E-state index >= 15 is 0 Å². The van der Waals surface area contributed by atoms with E-state index in [9.17, 15) is 0 Å². The van der Waals surface area contributed by atoms with Crippen LogP contribution in [0.3, 0.4) is 0 Å². The summed E-state index contributed by atoms with van der Waals surface area (Å²) in [6.07, 6.45) is 3.59. The summed E-state index contributed by atoms with van der Waals surface area (Å²) >= 11 is 0. The van der Waals surface area contributed by atoms with E-state index < -0.39 is 7.74 Å². The van der Waals surface area contributed by atoms with Crippen LogP contribution in [-0.2, 0) is 0 Å². The van der Waals surface area contributed by atoms with Crippen molar-refractivity contribution < 1.29 is 10.2 Å². The van der Waals surface area contributed by atoms with Crippen LogP contribution >= 0.6 is 7.47 Å². The largest absolute Gasteiger partial charge is 0.392 e. The van der Waals surface area contributed by atoms with Crippen molar-refractivity contribution in [2.45, 2.75) is 19.6 Å². The third-order valence-corrected chi connectivity index (χ3v) is 9.67. The highest BCUT2D eigenvalue weighted by Gasteiger charge is 2.21. The van der Waals surface area contributed by atoms with E-state index in [0.717, 1.165) is 0 Å². The van der Waals surface area contributed by atoms with Gasteiger partial charge in [-0.25, -0.2) is 0 Å². The van der Waals surface area contributed by atoms with Crippen LogP contribution in [0.5, 0.6) is 0 Å². The van der Waals surface area contributed by atoms with E-state index in [2.05, 4.69) is 31.3 Å². The maximum Gasteiger partial charge on any atom is 0.0812 e. The van der Waals surface area contributed by atoms with Gasteiger partial charge in [-0.1, -0.05) is 50.9 Å². The molecule has 0 aliphatic rings. The van der Waals surface area contributed by atoms with Crippen LogP contribution in [-0.4, -0.2) is 31.2 Å². The van der Waals surface area contributed by atoms with E-state index in [1.54, 1.807) is 12.2 Å². The Morgan fingerprint density at radius 3 is 1.62 bits per heavy atom. The minimum Gasteiger partial charge on any atom is -0.392 e. The topological polar surface area (TPSA) is 40.5 Å². The monoisotopic (exact) mass is 218 g/mol. The summed E-state index contributed by atoms with van der Waals surface area (Å²) in [4.78, 5) is 0. The summed E-state index contributed by atoms with van der Waals surface area (Å²) in [6.45, 7) is 7.10. The van der Waals surface area contributed by atoms with Crippen molar-refractivity contribution in [2.24, 2.45) is 0 Å². The Labute approximate surface area is 82.6 Å². The molecule has 76 valence electrons. The van der Waals surface area contributed by atoms with Gasteiger partial charge in [-0.15, -0.1) is 0 Å². The standard InChI is InChI=1S/C9H19O2PSi/c1-13(2,3)12(8-4-6-10)9-5-7-11/h4-5,8-11H,6-7H2,1-3H3. The van der Waals surface area contributed by atoms with Gasteiger partial charge in [-0.05, 0) is 0 Å². The van der Waals surface area contributed by atoms with Crippen molar-refractivity contribution in [2.75, 3.05) is 13.2 Å². The molecule has 0 aliphatic heterocycles. The van der Waals surface area contributed by atoms with Gasteiger partial charge in [0.15, 0.2) is 0 Å². The van der Waals surface area contributed by atoms with Gasteiger partial charge in [0.2, 0.25) is 0 Å². The Balaban J connectivity index is 4.37. The second-order valence-electron chi connectivity index (χ2n) is 3.71. The Morgan fingerprint density at radius 2 is 1.38 bits per heavy atom. The normalized spacial score (nSPS) is 15.8. The predicted octanol–water partition coefficient (Wildman–Crippen LogP) is 2.32. The van der Waals surface area contributed by atoms with Crippen LogP contribution in [0.25, 0.3) is 0 Å². The molecule has 13 heavy (non-hydrogen) atoms. The lowest BCUT2D eigenvalue weighted by Gasteiger charge is -2.23. The molecule has 0 aromatic heterocycles. The first-order valence-electron chi connectivity index (χ1n) is 4.36. The molecule has 0 saturated carbocycles. The molecule has 0 atom stereocenters. The van der Waals surface area contributed by atoms with Crippen molar-refractivity contribution in [3.05, 3.63) is 23.8 Å². The highest BCUT2D eigenvalue weighted by molar-refractivity contribution is 7.98. The molecular weight excluding hydrogens is 199 g/mol. The molecule has 0 bridgehead atoms. The minimum absolute atomic E-state index is 0.107. The minimum atomic E-state index is -1.19. The summed E-state index contributed by atoms with van der Waals surface area (Å²) in [5.41, 5.74) is 0. The van der Waals surface area contributed by atoms with Gasteiger partial charge in [0.05, 0.1) is 21.0 Å². The maximum atomic E-state index is 8.67. The van der Waals surface area contributed by atoms with E-state index in [1.165, 1.54) is 0 Å². The van der Waals surface area contributed by atoms with Gasteiger partial charge in [0, 0.05) is 0 Å². The van der Waals surface area contributed by atoms with E-state index in [-0.39, 0.29) is 20.7 Å². The summed E-state index contributed by atoms with van der Waals surface area (Å²) in [5.74, 6) is 4.18.